The molecule has 0 aliphatic heterocycles. The van der Waals surface area contributed by atoms with Crippen molar-refractivity contribution < 1.29 is 17.4 Å². The number of aryl methyl sites for hydroxylation is 1. The first-order valence-electron chi connectivity index (χ1n) is 8.03. The van der Waals surface area contributed by atoms with Crippen LogP contribution in [-0.2, 0) is 23.5 Å². The van der Waals surface area contributed by atoms with E-state index in [1.165, 1.54) is 0 Å². The second kappa shape index (κ2) is 6.91. The van der Waals surface area contributed by atoms with Gasteiger partial charge in [0.05, 0.1) is 0 Å². The molecule has 3 aromatic rings. The SMILES string of the molecule is Cc1c(N(C)Cc2ccc(S(C)=O)cc2)nn2c(C(F)(F)F)nnc2c1C. The average molecular weight is 397 g/mol. The van der Waals surface area contributed by atoms with Gasteiger partial charge in [-0.1, -0.05) is 12.1 Å². The fourth-order valence-corrected chi connectivity index (χ4v) is 3.31. The Morgan fingerprint density at radius 1 is 1.11 bits per heavy atom. The normalized spacial score (nSPS) is 13.1. The summed E-state index contributed by atoms with van der Waals surface area (Å²) in [5.41, 5.74) is 2.33. The molecule has 0 saturated carbocycles. The van der Waals surface area contributed by atoms with Crippen LogP contribution in [0.1, 0.15) is 22.5 Å². The van der Waals surface area contributed by atoms with Crippen LogP contribution in [0, 0.1) is 13.8 Å². The number of alkyl halides is 3. The summed E-state index contributed by atoms with van der Waals surface area (Å²) in [6, 6.07) is 7.23. The van der Waals surface area contributed by atoms with Gasteiger partial charge < -0.3 is 4.90 Å². The number of rotatable bonds is 4. The molecule has 6 nitrogen and oxygen atoms in total. The van der Waals surface area contributed by atoms with E-state index in [0.717, 1.165) is 15.6 Å². The monoisotopic (exact) mass is 397 g/mol. The molecule has 0 amide bonds. The van der Waals surface area contributed by atoms with Gasteiger partial charge in [-0.25, -0.2) is 0 Å². The zero-order valence-electron chi connectivity index (χ0n) is 15.2. The van der Waals surface area contributed by atoms with E-state index in [9.17, 15) is 17.4 Å². The van der Waals surface area contributed by atoms with E-state index in [1.54, 1.807) is 44.2 Å². The Labute approximate surface area is 156 Å². The molecule has 27 heavy (non-hydrogen) atoms. The number of hydrogen-bond donors (Lipinski definition) is 0. The van der Waals surface area contributed by atoms with Crippen LogP contribution >= 0.6 is 0 Å². The van der Waals surface area contributed by atoms with Gasteiger partial charge in [-0.15, -0.1) is 15.3 Å². The van der Waals surface area contributed by atoms with Crippen LogP contribution in [0.4, 0.5) is 19.0 Å². The first-order chi connectivity index (χ1) is 12.6. The maximum Gasteiger partial charge on any atom is 0.453 e. The summed E-state index contributed by atoms with van der Waals surface area (Å²) in [7, 11) is 0.689. The first kappa shape index (κ1) is 19.3. The Balaban J connectivity index is 1.99. The standard InChI is InChI=1S/C17H18F3N5OS/c1-10-11(2)15(23-25-14(10)21-22-16(25)17(18,19)20)24(3)9-12-5-7-13(8-6-12)27(4)26/h5-8H,9H2,1-4H3. The molecule has 1 unspecified atom stereocenters. The number of halogens is 3. The lowest BCUT2D eigenvalue weighted by atomic mass is 10.1. The molecule has 0 saturated heterocycles. The van der Waals surface area contributed by atoms with Crippen molar-refractivity contribution in [3.05, 3.63) is 46.8 Å². The zero-order chi connectivity index (χ0) is 19.9. The van der Waals surface area contributed by atoms with Gasteiger partial charge in [0, 0.05) is 46.7 Å². The van der Waals surface area contributed by atoms with Crippen molar-refractivity contribution in [3.63, 3.8) is 0 Å². The van der Waals surface area contributed by atoms with Gasteiger partial charge in [-0.05, 0) is 31.5 Å². The smallest absolute Gasteiger partial charge is 0.354 e. The molecule has 0 aliphatic carbocycles. The quantitative estimate of drug-likeness (QED) is 0.677. The number of fused-ring (bicyclic) bond motifs is 1. The first-order valence-corrected chi connectivity index (χ1v) is 9.58. The molecule has 0 spiro atoms. The van der Waals surface area contributed by atoms with Crippen molar-refractivity contribution >= 4 is 22.3 Å². The molecular formula is C17H18F3N5OS. The molecule has 10 heteroatoms. The maximum absolute atomic E-state index is 13.2. The van der Waals surface area contributed by atoms with Crippen LogP contribution < -0.4 is 4.90 Å². The number of hydrogen-bond acceptors (Lipinski definition) is 5. The lowest BCUT2D eigenvalue weighted by Crippen LogP contribution is -2.22. The zero-order valence-corrected chi connectivity index (χ0v) is 16.0. The Morgan fingerprint density at radius 3 is 2.30 bits per heavy atom. The molecule has 144 valence electrons. The van der Waals surface area contributed by atoms with Crippen LogP contribution in [0.5, 0.6) is 0 Å². The minimum atomic E-state index is -4.64. The average Bonchev–Trinajstić information content (AvgIpc) is 3.02. The third-order valence-corrected chi connectivity index (χ3v) is 5.29. The number of benzene rings is 1. The summed E-state index contributed by atoms with van der Waals surface area (Å²) in [4.78, 5) is 2.48. The van der Waals surface area contributed by atoms with Gasteiger partial charge in [0.25, 0.3) is 5.82 Å². The second-order valence-corrected chi connectivity index (χ2v) is 7.66. The summed E-state index contributed by atoms with van der Waals surface area (Å²) in [5, 5.41) is 11.0. The van der Waals surface area contributed by atoms with E-state index in [0.29, 0.717) is 22.8 Å². The van der Waals surface area contributed by atoms with Gasteiger partial charge in [-0.3, -0.25) is 4.21 Å². The summed E-state index contributed by atoms with van der Waals surface area (Å²) in [6.45, 7) is 3.92. The lowest BCUT2D eigenvalue weighted by Gasteiger charge is -2.21. The van der Waals surface area contributed by atoms with E-state index in [2.05, 4.69) is 15.3 Å². The Hall–Kier alpha value is -2.49. The van der Waals surface area contributed by atoms with Crippen LogP contribution in [-0.4, -0.2) is 37.3 Å². The Morgan fingerprint density at radius 2 is 1.74 bits per heavy atom. The second-order valence-electron chi connectivity index (χ2n) is 6.28. The van der Waals surface area contributed by atoms with Crippen LogP contribution in [0.15, 0.2) is 29.2 Å². The molecule has 0 radical (unpaired) electrons. The van der Waals surface area contributed by atoms with Gasteiger partial charge in [0.2, 0.25) is 0 Å². The highest BCUT2D eigenvalue weighted by Gasteiger charge is 2.38. The molecule has 2 heterocycles. The van der Waals surface area contributed by atoms with E-state index >= 15 is 0 Å². The lowest BCUT2D eigenvalue weighted by molar-refractivity contribution is -0.146. The van der Waals surface area contributed by atoms with Crippen molar-refractivity contribution in [2.75, 3.05) is 18.2 Å². The molecule has 0 N–H and O–H groups in total. The number of aromatic nitrogens is 4. The summed E-state index contributed by atoms with van der Waals surface area (Å²) in [5.74, 6) is -0.738. The third kappa shape index (κ3) is 3.66. The largest absolute Gasteiger partial charge is 0.453 e. The maximum atomic E-state index is 13.2. The molecule has 0 fully saturated rings. The molecular weight excluding hydrogens is 379 g/mol. The number of anilines is 1. The third-order valence-electron chi connectivity index (χ3n) is 4.36. The summed E-state index contributed by atoms with van der Waals surface area (Å²) >= 11 is 0. The van der Waals surface area contributed by atoms with Crippen molar-refractivity contribution in [2.45, 2.75) is 31.5 Å². The molecule has 2 aromatic heterocycles. The highest BCUT2D eigenvalue weighted by Crippen LogP contribution is 2.30. The van der Waals surface area contributed by atoms with E-state index in [-0.39, 0.29) is 5.65 Å². The van der Waals surface area contributed by atoms with Crippen LogP contribution in [0.3, 0.4) is 0 Å². The summed E-state index contributed by atoms with van der Waals surface area (Å²) < 4.78 is 51.7. The molecule has 1 aromatic carbocycles. The van der Waals surface area contributed by atoms with Crippen molar-refractivity contribution in [1.82, 2.24) is 19.8 Å². The van der Waals surface area contributed by atoms with Gasteiger partial charge in [0.1, 0.15) is 0 Å². The molecule has 3 rings (SSSR count). The number of nitrogens with zero attached hydrogens (tertiary/aromatic N) is 5. The minimum absolute atomic E-state index is 0.0896. The van der Waals surface area contributed by atoms with Gasteiger partial charge >= 0.3 is 6.18 Å². The van der Waals surface area contributed by atoms with E-state index < -0.39 is 22.8 Å². The van der Waals surface area contributed by atoms with Gasteiger partial charge in [0.15, 0.2) is 11.5 Å². The van der Waals surface area contributed by atoms with Crippen molar-refractivity contribution in [3.8, 4) is 0 Å². The minimum Gasteiger partial charge on any atom is -0.354 e. The summed E-state index contributed by atoms with van der Waals surface area (Å²) in [6.07, 6.45) is -3.04. The highest BCUT2D eigenvalue weighted by atomic mass is 32.2. The van der Waals surface area contributed by atoms with Crippen LogP contribution in [0.25, 0.3) is 5.65 Å². The highest BCUT2D eigenvalue weighted by molar-refractivity contribution is 7.84. The molecule has 1 atom stereocenters. The fraction of sp³-hybridized carbons (Fsp3) is 0.353. The predicted octanol–water partition coefficient (Wildman–Crippen LogP) is 3.13. The van der Waals surface area contributed by atoms with Gasteiger partial charge in [-0.2, -0.15) is 17.7 Å². The molecule has 0 aliphatic rings. The predicted molar refractivity (Wildman–Crippen MR) is 96.1 cm³/mol. The van der Waals surface area contributed by atoms with Crippen molar-refractivity contribution in [1.29, 1.82) is 0 Å². The Bertz CT molecular complexity index is 1010. The topological polar surface area (TPSA) is 63.4 Å². The van der Waals surface area contributed by atoms with Crippen molar-refractivity contribution in [2.24, 2.45) is 0 Å². The fourth-order valence-electron chi connectivity index (χ4n) is 2.79. The Kier molecular flexibility index (Phi) is 4.94. The molecule has 0 bridgehead atoms. The van der Waals surface area contributed by atoms with E-state index in [4.69, 9.17) is 0 Å². The van der Waals surface area contributed by atoms with Crippen LogP contribution in [0.2, 0.25) is 0 Å². The van der Waals surface area contributed by atoms with E-state index in [1.807, 2.05) is 12.1 Å².